The first-order valence-corrected chi connectivity index (χ1v) is 10.7. The van der Waals surface area contributed by atoms with Gasteiger partial charge in [0.1, 0.15) is 11.3 Å². The maximum Gasteiger partial charge on any atom is 0.270 e. The molecule has 0 spiro atoms. The number of nitrogens with zero attached hydrogens (tertiary/aromatic N) is 3. The van der Waals surface area contributed by atoms with E-state index in [-0.39, 0.29) is 5.91 Å². The molecule has 1 amide bonds. The number of anilines is 1. The number of aromatic nitrogens is 2. The normalized spacial score (nSPS) is 15.1. The van der Waals surface area contributed by atoms with Gasteiger partial charge in [0, 0.05) is 31.5 Å². The summed E-state index contributed by atoms with van der Waals surface area (Å²) in [4.78, 5) is 19.9. The van der Waals surface area contributed by atoms with Crippen LogP contribution in [0.5, 0.6) is 0 Å². The molecule has 0 aliphatic carbocycles. The van der Waals surface area contributed by atoms with Crippen molar-refractivity contribution in [3.05, 3.63) is 64.6 Å². The molecule has 0 saturated carbocycles. The Morgan fingerprint density at radius 3 is 2.59 bits per heavy atom. The summed E-state index contributed by atoms with van der Waals surface area (Å²) in [6.07, 6.45) is 4.93. The molecule has 3 aromatic rings. The molecular weight excluding hydrogens is 384 g/mol. The lowest BCUT2D eigenvalue weighted by molar-refractivity contribution is 0.0944. The second kappa shape index (κ2) is 8.46. The number of carbonyl (C=O) groups is 1. The summed E-state index contributed by atoms with van der Waals surface area (Å²) in [6.45, 7) is 7.04. The van der Waals surface area contributed by atoms with Crippen molar-refractivity contribution < 1.29 is 4.79 Å². The fourth-order valence-electron chi connectivity index (χ4n) is 3.91. The highest BCUT2D eigenvalue weighted by Gasteiger charge is 2.19. The highest BCUT2D eigenvalue weighted by Crippen LogP contribution is 2.23. The van der Waals surface area contributed by atoms with Crippen LogP contribution in [-0.2, 0) is 13.0 Å². The van der Waals surface area contributed by atoms with Crippen LogP contribution in [0.3, 0.4) is 0 Å². The fraction of sp³-hybridized carbons (Fsp3) is 0.391. The topological polar surface area (TPSA) is 49.6 Å². The van der Waals surface area contributed by atoms with Crippen LogP contribution >= 0.6 is 11.6 Å². The number of hydrogen-bond acceptors (Lipinski definition) is 3. The Hall–Kier alpha value is -2.53. The SMILES string of the molecule is CCc1nc2ccc(Cl)cn2c1C(=O)NCc1ccc(N2CCC(C)CC2)cc1. The van der Waals surface area contributed by atoms with Crippen LogP contribution in [0.1, 0.15) is 48.4 Å². The number of aryl methyl sites for hydroxylation is 1. The number of benzene rings is 1. The number of nitrogens with one attached hydrogen (secondary N) is 1. The maximum atomic E-state index is 12.9. The van der Waals surface area contributed by atoms with Gasteiger partial charge in [-0.05, 0) is 55.0 Å². The molecule has 1 aliphatic heterocycles. The number of fused-ring (bicyclic) bond motifs is 1. The molecule has 1 fully saturated rings. The van der Waals surface area contributed by atoms with Crippen LogP contribution in [0, 0.1) is 5.92 Å². The number of hydrogen-bond donors (Lipinski definition) is 1. The quantitative estimate of drug-likeness (QED) is 0.662. The highest BCUT2D eigenvalue weighted by molar-refractivity contribution is 6.30. The molecule has 1 aromatic carbocycles. The second-order valence-electron chi connectivity index (χ2n) is 7.85. The zero-order valence-corrected chi connectivity index (χ0v) is 17.7. The van der Waals surface area contributed by atoms with Gasteiger partial charge in [0.25, 0.3) is 5.91 Å². The minimum absolute atomic E-state index is 0.134. The van der Waals surface area contributed by atoms with Gasteiger partial charge in [-0.2, -0.15) is 0 Å². The van der Waals surface area contributed by atoms with E-state index < -0.39 is 0 Å². The van der Waals surface area contributed by atoms with Gasteiger partial charge >= 0.3 is 0 Å². The van der Waals surface area contributed by atoms with Gasteiger partial charge in [-0.25, -0.2) is 4.98 Å². The van der Waals surface area contributed by atoms with E-state index in [1.54, 1.807) is 16.7 Å². The largest absolute Gasteiger partial charge is 0.372 e. The molecule has 0 radical (unpaired) electrons. The Kier molecular flexibility index (Phi) is 5.76. The van der Waals surface area contributed by atoms with E-state index in [9.17, 15) is 4.79 Å². The van der Waals surface area contributed by atoms with Crippen LogP contribution in [0.4, 0.5) is 5.69 Å². The summed E-state index contributed by atoms with van der Waals surface area (Å²) < 4.78 is 1.77. The zero-order chi connectivity index (χ0) is 20.4. The maximum absolute atomic E-state index is 12.9. The van der Waals surface area contributed by atoms with Gasteiger partial charge < -0.3 is 10.2 Å². The molecule has 2 aromatic heterocycles. The first-order chi connectivity index (χ1) is 14.0. The average molecular weight is 411 g/mol. The number of pyridine rings is 1. The summed E-state index contributed by atoms with van der Waals surface area (Å²) >= 11 is 6.12. The van der Waals surface area contributed by atoms with Crippen LogP contribution in [-0.4, -0.2) is 28.4 Å². The summed E-state index contributed by atoms with van der Waals surface area (Å²) in [5.74, 6) is 0.689. The van der Waals surface area contributed by atoms with Crippen LogP contribution in [0.15, 0.2) is 42.6 Å². The Labute approximate surface area is 176 Å². The lowest BCUT2D eigenvalue weighted by Gasteiger charge is -2.32. The smallest absolute Gasteiger partial charge is 0.270 e. The summed E-state index contributed by atoms with van der Waals surface area (Å²) in [6, 6.07) is 12.1. The highest BCUT2D eigenvalue weighted by atomic mass is 35.5. The predicted octanol–water partition coefficient (Wildman–Crippen LogP) is 4.72. The van der Waals surface area contributed by atoms with Crippen molar-refractivity contribution in [1.29, 1.82) is 0 Å². The van der Waals surface area contributed by atoms with Crippen molar-refractivity contribution in [3.8, 4) is 0 Å². The number of rotatable bonds is 5. The van der Waals surface area contributed by atoms with Gasteiger partial charge in [-0.1, -0.05) is 37.6 Å². The van der Waals surface area contributed by atoms with E-state index in [1.807, 2.05) is 13.0 Å². The number of amides is 1. The fourth-order valence-corrected chi connectivity index (χ4v) is 4.07. The van der Waals surface area contributed by atoms with Gasteiger partial charge in [-0.15, -0.1) is 0 Å². The van der Waals surface area contributed by atoms with Crippen LogP contribution in [0.25, 0.3) is 5.65 Å². The van der Waals surface area contributed by atoms with Gasteiger partial charge in [0.15, 0.2) is 0 Å². The molecule has 4 rings (SSSR count). The molecule has 0 atom stereocenters. The molecule has 0 bridgehead atoms. The van der Waals surface area contributed by atoms with Crippen LogP contribution in [0.2, 0.25) is 5.02 Å². The summed E-state index contributed by atoms with van der Waals surface area (Å²) in [7, 11) is 0. The van der Waals surface area contributed by atoms with Crippen LogP contribution < -0.4 is 10.2 Å². The molecule has 152 valence electrons. The molecule has 29 heavy (non-hydrogen) atoms. The lowest BCUT2D eigenvalue weighted by atomic mass is 9.99. The third-order valence-electron chi connectivity index (χ3n) is 5.74. The number of carbonyl (C=O) groups excluding carboxylic acids is 1. The predicted molar refractivity (Wildman–Crippen MR) is 118 cm³/mol. The van der Waals surface area contributed by atoms with Crippen molar-refractivity contribution in [2.24, 2.45) is 5.92 Å². The van der Waals surface area contributed by atoms with Crippen molar-refractivity contribution in [2.45, 2.75) is 39.7 Å². The number of halogens is 1. The molecule has 0 unspecified atom stereocenters. The first kappa shape index (κ1) is 19.8. The molecule has 1 N–H and O–H groups in total. The van der Waals surface area contributed by atoms with Gasteiger partial charge in [-0.3, -0.25) is 9.20 Å². The molecular formula is C23H27ClN4O. The Morgan fingerprint density at radius 1 is 1.17 bits per heavy atom. The molecule has 6 heteroatoms. The third kappa shape index (κ3) is 4.25. The van der Waals surface area contributed by atoms with Crippen molar-refractivity contribution in [1.82, 2.24) is 14.7 Å². The van der Waals surface area contributed by atoms with Gasteiger partial charge in [0.05, 0.1) is 10.7 Å². The summed E-state index contributed by atoms with van der Waals surface area (Å²) in [5.41, 5.74) is 4.41. The van der Waals surface area contributed by atoms with E-state index in [0.717, 1.165) is 35.9 Å². The van der Waals surface area contributed by atoms with Crippen molar-refractivity contribution in [2.75, 3.05) is 18.0 Å². The van der Waals surface area contributed by atoms with E-state index in [0.29, 0.717) is 23.7 Å². The first-order valence-electron chi connectivity index (χ1n) is 10.3. The molecule has 3 heterocycles. The lowest BCUT2D eigenvalue weighted by Crippen LogP contribution is -2.32. The Balaban J connectivity index is 1.45. The van der Waals surface area contributed by atoms with Crippen molar-refractivity contribution >= 4 is 28.8 Å². The number of imidazole rings is 1. The minimum atomic E-state index is -0.134. The Bertz CT molecular complexity index is 1000. The average Bonchev–Trinajstić information content (AvgIpc) is 3.11. The van der Waals surface area contributed by atoms with Gasteiger partial charge in [0.2, 0.25) is 0 Å². The van der Waals surface area contributed by atoms with E-state index in [1.165, 1.54) is 18.5 Å². The number of piperidine rings is 1. The van der Waals surface area contributed by atoms with E-state index >= 15 is 0 Å². The second-order valence-corrected chi connectivity index (χ2v) is 8.29. The standard InChI is InChI=1S/C23H27ClN4O/c1-3-20-22(28-15-18(24)6-9-21(28)26-20)23(29)25-14-17-4-7-19(8-5-17)27-12-10-16(2)11-13-27/h4-9,15-16H,3,10-14H2,1-2H3,(H,25,29). The Morgan fingerprint density at radius 2 is 1.90 bits per heavy atom. The molecule has 1 saturated heterocycles. The van der Waals surface area contributed by atoms with E-state index in [2.05, 4.69) is 46.4 Å². The summed E-state index contributed by atoms with van der Waals surface area (Å²) in [5, 5.41) is 3.61. The minimum Gasteiger partial charge on any atom is -0.372 e. The molecule has 1 aliphatic rings. The molecule has 5 nitrogen and oxygen atoms in total. The van der Waals surface area contributed by atoms with Crippen molar-refractivity contribution in [3.63, 3.8) is 0 Å². The van der Waals surface area contributed by atoms with E-state index in [4.69, 9.17) is 11.6 Å². The monoisotopic (exact) mass is 410 g/mol. The third-order valence-corrected chi connectivity index (χ3v) is 5.97. The zero-order valence-electron chi connectivity index (χ0n) is 17.0.